The summed E-state index contributed by atoms with van der Waals surface area (Å²) in [6.07, 6.45) is 6.35. The van der Waals surface area contributed by atoms with Crippen LogP contribution in [-0.4, -0.2) is 26.4 Å². The molecule has 0 aliphatic carbocycles. The predicted molar refractivity (Wildman–Crippen MR) is 86.8 cm³/mol. The van der Waals surface area contributed by atoms with E-state index in [-0.39, 0.29) is 0 Å². The Bertz CT molecular complexity index is 818. The van der Waals surface area contributed by atoms with Crippen molar-refractivity contribution in [1.29, 1.82) is 0 Å². The molecule has 116 valence electrons. The van der Waals surface area contributed by atoms with Gasteiger partial charge in [-0.25, -0.2) is 9.97 Å². The van der Waals surface area contributed by atoms with Crippen molar-refractivity contribution in [3.05, 3.63) is 65.1 Å². The molecule has 0 amide bonds. The van der Waals surface area contributed by atoms with E-state index in [9.17, 15) is 0 Å². The molecule has 0 spiro atoms. The number of aromatic nitrogens is 3. The van der Waals surface area contributed by atoms with Gasteiger partial charge in [-0.2, -0.15) is 0 Å². The molecular formula is C17H15ClN4O. The van der Waals surface area contributed by atoms with Crippen LogP contribution in [-0.2, 0) is 19.5 Å². The summed E-state index contributed by atoms with van der Waals surface area (Å²) in [4.78, 5) is 15.6. The first-order valence-electron chi connectivity index (χ1n) is 7.50. The van der Waals surface area contributed by atoms with E-state index in [0.717, 1.165) is 48.9 Å². The Morgan fingerprint density at radius 3 is 2.83 bits per heavy atom. The van der Waals surface area contributed by atoms with Crippen LogP contribution in [0, 0.1) is 0 Å². The molecule has 5 nitrogen and oxygen atoms in total. The van der Waals surface area contributed by atoms with Crippen molar-refractivity contribution in [1.82, 2.24) is 19.9 Å². The summed E-state index contributed by atoms with van der Waals surface area (Å²) in [5.74, 6) is 1.64. The van der Waals surface area contributed by atoms with E-state index in [1.54, 1.807) is 18.5 Å². The monoisotopic (exact) mass is 326 g/mol. The number of hydrogen-bond acceptors (Lipinski definition) is 5. The highest BCUT2D eigenvalue weighted by Crippen LogP contribution is 2.23. The average molecular weight is 327 g/mol. The van der Waals surface area contributed by atoms with Crippen LogP contribution in [0.15, 0.2) is 47.3 Å². The lowest BCUT2D eigenvalue weighted by atomic mass is 10.1. The van der Waals surface area contributed by atoms with Crippen LogP contribution in [0.4, 0.5) is 0 Å². The van der Waals surface area contributed by atoms with Crippen LogP contribution in [0.5, 0.6) is 0 Å². The third-order valence-electron chi connectivity index (χ3n) is 3.96. The number of hydrogen-bond donors (Lipinski definition) is 0. The molecule has 1 aliphatic heterocycles. The summed E-state index contributed by atoms with van der Waals surface area (Å²) in [6, 6.07) is 7.55. The molecule has 0 saturated carbocycles. The third-order valence-corrected chi connectivity index (χ3v) is 4.16. The number of nitrogens with zero attached hydrogens (tertiary/aromatic N) is 4. The normalized spacial score (nSPS) is 14.7. The van der Waals surface area contributed by atoms with E-state index < -0.39 is 0 Å². The van der Waals surface area contributed by atoms with E-state index in [1.165, 1.54) is 5.56 Å². The van der Waals surface area contributed by atoms with Crippen molar-refractivity contribution in [2.75, 3.05) is 6.54 Å². The molecule has 0 radical (unpaired) electrons. The molecule has 4 rings (SSSR count). The minimum absolute atomic E-state index is 0.433. The Balaban J connectivity index is 1.52. The lowest BCUT2D eigenvalue weighted by Gasteiger charge is -2.27. The van der Waals surface area contributed by atoms with Gasteiger partial charge in [0.1, 0.15) is 5.76 Å². The highest BCUT2D eigenvalue weighted by atomic mass is 35.5. The number of halogens is 1. The van der Waals surface area contributed by atoms with Crippen LogP contribution in [0.2, 0.25) is 5.22 Å². The number of rotatable bonds is 3. The Morgan fingerprint density at radius 1 is 1.17 bits per heavy atom. The molecule has 0 N–H and O–H groups in total. The Hall–Kier alpha value is -2.24. The zero-order valence-corrected chi connectivity index (χ0v) is 13.2. The van der Waals surface area contributed by atoms with Crippen LogP contribution in [0.25, 0.3) is 11.4 Å². The van der Waals surface area contributed by atoms with Gasteiger partial charge in [-0.05, 0) is 35.9 Å². The van der Waals surface area contributed by atoms with Gasteiger partial charge < -0.3 is 4.42 Å². The maximum absolute atomic E-state index is 5.83. The van der Waals surface area contributed by atoms with Gasteiger partial charge >= 0.3 is 0 Å². The first-order valence-corrected chi connectivity index (χ1v) is 7.87. The summed E-state index contributed by atoms with van der Waals surface area (Å²) in [5, 5.41) is 0.433. The second-order valence-electron chi connectivity index (χ2n) is 5.57. The minimum Gasteiger partial charge on any atom is -0.448 e. The smallest absolute Gasteiger partial charge is 0.193 e. The molecule has 0 atom stereocenters. The minimum atomic E-state index is 0.433. The number of fused-ring (bicyclic) bond motifs is 1. The standard InChI is InChI=1S/C17H15ClN4O/c18-16-2-1-14(23-16)11-22-8-5-15-13(10-22)9-20-17(21-15)12-3-6-19-7-4-12/h1-4,6-7,9H,5,8,10-11H2. The topological polar surface area (TPSA) is 55.1 Å². The maximum atomic E-state index is 5.83. The molecule has 0 fully saturated rings. The van der Waals surface area contributed by atoms with Crippen molar-refractivity contribution < 1.29 is 4.42 Å². The molecular weight excluding hydrogens is 312 g/mol. The first kappa shape index (κ1) is 14.4. The van der Waals surface area contributed by atoms with Gasteiger partial charge in [-0.1, -0.05) is 0 Å². The molecule has 3 aromatic heterocycles. The molecule has 3 aromatic rings. The molecule has 0 bridgehead atoms. The van der Waals surface area contributed by atoms with Crippen molar-refractivity contribution in [2.24, 2.45) is 0 Å². The van der Waals surface area contributed by atoms with Gasteiger partial charge in [0, 0.05) is 49.2 Å². The summed E-state index contributed by atoms with van der Waals surface area (Å²) >= 11 is 5.83. The predicted octanol–water partition coefficient (Wildman–Crippen LogP) is 3.34. The lowest BCUT2D eigenvalue weighted by Crippen LogP contribution is -2.30. The maximum Gasteiger partial charge on any atom is 0.193 e. The SMILES string of the molecule is Clc1ccc(CN2CCc3nc(-c4ccncc4)ncc3C2)o1. The molecule has 4 heterocycles. The summed E-state index contributed by atoms with van der Waals surface area (Å²) < 4.78 is 5.44. The van der Waals surface area contributed by atoms with Crippen molar-refractivity contribution in [2.45, 2.75) is 19.5 Å². The largest absolute Gasteiger partial charge is 0.448 e. The lowest BCUT2D eigenvalue weighted by molar-refractivity contribution is 0.223. The highest BCUT2D eigenvalue weighted by Gasteiger charge is 2.19. The fourth-order valence-electron chi connectivity index (χ4n) is 2.81. The zero-order chi connectivity index (χ0) is 15.6. The molecule has 0 unspecified atom stereocenters. The molecule has 1 aliphatic rings. The molecule has 0 saturated heterocycles. The van der Waals surface area contributed by atoms with Crippen LogP contribution in [0.3, 0.4) is 0 Å². The second kappa shape index (κ2) is 6.10. The van der Waals surface area contributed by atoms with Crippen molar-refractivity contribution >= 4 is 11.6 Å². The van der Waals surface area contributed by atoms with Gasteiger partial charge in [-0.3, -0.25) is 9.88 Å². The van der Waals surface area contributed by atoms with E-state index in [4.69, 9.17) is 21.0 Å². The zero-order valence-electron chi connectivity index (χ0n) is 12.4. The first-order chi connectivity index (χ1) is 11.3. The fourth-order valence-corrected chi connectivity index (χ4v) is 2.97. The fraction of sp³-hybridized carbons (Fsp3) is 0.235. The highest BCUT2D eigenvalue weighted by molar-refractivity contribution is 6.28. The second-order valence-corrected chi connectivity index (χ2v) is 5.94. The van der Waals surface area contributed by atoms with Gasteiger partial charge in [0.15, 0.2) is 11.0 Å². The van der Waals surface area contributed by atoms with Crippen LogP contribution >= 0.6 is 11.6 Å². The number of furan rings is 1. The van der Waals surface area contributed by atoms with Gasteiger partial charge in [0.05, 0.1) is 12.2 Å². The molecule has 0 aromatic carbocycles. The Morgan fingerprint density at radius 2 is 2.04 bits per heavy atom. The van der Waals surface area contributed by atoms with Gasteiger partial charge in [-0.15, -0.1) is 0 Å². The van der Waals surface area contributed by atoms with Gasteiger partial charge in [0.2, 0.25) is 0 Å². The Labute approximate surface area is 139 Å². The van der Waals surface area contributed by atoms with Crippen LogP contribution < -0.4 is 0 Å². The van der Waals surface area contributed by atoms with Crippen molar-refractivity contribution in [3.8, 4) is 11.4 Å². The summed E-state index contributed by atoms with van der Waals surface area (Å²) in [7, 11) is 0. The van der Waals surface area contributed by atoms with E-state index in [0.29, 0.717) is 5.22 Å². The van der Waals surface area contributed by atoms with Crippen LogP contribution in [0.1, 0.15) is 17.0 Å². The Kier molecular flexibility index (Phi) is 3.81. The number of pyridine rings is 1. The summed E-state index contributed by atoms with van der Waals surface area (Å²) in [6.45, 7) is 2.51. The summed E-state index contributed by atoms with van der Waals surface area (Å²) in [5.41, 5.74) is 3.29. The van der Waals surface area contributed by atoms with E-state index in [2.05, 4.69) is 14.9 Å². The van der Waals surface area contributed by atoms with E-state index >= 15 is 0 Å². The van der Waals surface area contributed by atoms with Crippen molar-refractivity contribution in [3.63, 3.8) is 0 Å². The third kappa shape index (κ3) is 3.11. The van der Waals surface area contributed by atoms with E-state index in [1.807, 2.05) is 24.4 Å². The molecule has 23 heavy (non-hydrogen) atoms. The van der Waals surface area contributed by atoms with Gasteiger partial charge in [0.25, 0.3) is 0 Å². The quantitative estimate of drug-likeness (QED) is 0.739. The molecule has 6 heteroatoms. The average Bonchev–Trinajstić information content (AvgIpc) is 3.00.